The number of benzene rings is 2. The summed E-state index contributed by atoms with van der Waals surface area (Å²) >= 11 is 1.60. The summed E-state index contributed by atoms with van der Waals surface area (Å²) in [6.45, 7) is 3.42. The average Bonchev–Trinajstić information content (AvgIpc) is 3.24. The van der Waals surface area contributed by atoms with Gasteiger partial charge in [-0.15, -0.1) is 35.3 Å². The van der Waals surface area contributed by atoms with Crippen LogP contribution in [0.25, 0.3) is 10.1 Å². The molecule has 0 fully saturated rings. The largest absolute Gasteiger partial charge is 0.496 e. The summed E-state index contributed by atoms with van der Waals surface area (Å²) in [6.07, 6.45) is -0.628. The molecule has 0 aliphatic rings. The molecule has 0 saturated heterocycles. The van der Waals surface area contributed by atoms with Crippen molar-refractivity contribution in [3.8, 4) is 17.2 Å². The fraction of sp³-hybridized carbons (Fsp3) is 0.348. The van der Waals surface area contributed by atoms with Gasteiger partial charge in [-0.2, -0.15) is 0 Å². The third kappa shape index (κ3) is 6.39. The Labute approximate surface area is 209 Å². The van der Waals surface area contributed by atoms with Gasteiger partial charge in [0, 0.05) is 34.3 Å². The first-order valence-electron chi connectivity index (χ1n) is 10.1. The lowest BCUT2D eigenvalue weighted by atomic mass is 10.1. The molecule has 0 saturated carbocycles. The molecule has 0 aliphatic heterocycles. The molecule has 1 heterocycles. The lowest BCUT2D eigenvalue weighted by molar-refractivity contribution is 0.184. The highest BCUT2D eigenvalue weighted by molar-refractivity contribution is 14.0. The average molecular weight is 571 g/mol. The number of guanidine groups is 1. The number of aliphatic hydroxyl groups excluding tert-OH is 1. The zero-order chi connectivity index (χ0) is 22.2. The van der Waals surface area contributed by atoms with E-state index < -0.39 is 6.10 Å². The van der Waals surface area contributed by atoms with E-state index in [2.05, 4.69) is 27.8 Å². The number of rotatable bonds is 9. The van der Waals surface area contributed by atoms with Crippen molar-refractivity contribution < 1.29 is 19.3 Å². The van der Waals surface area contributed by atoms with E-state index >= 15 is 0 Å². The minimum atomic E-state index is -0.628. The summed E-state index contributed by atoms with van der Waals surface area (Å²) < 4.78 is 17.4. The van der Waals surface area contributed by atoms with E-state index in [4.69, 9.17) is 14.2 Å². The SMILES string of the molecule is CCNC(=NCc1cc(OC)c(OC)cc1OC)NCC(O)c1cc2ccccc2s1.I. The number of thiophene rings is 1. The number of aliphatic hydroxyl groups is 1. The van der Waals surface area contributed by atoms with Crippen molar-refractivity contribution in [1.29, 1.82) is 0 Å². The van der Waals surface area contributed by atoms with Crippen LogP contribution in [0.15, 0.2) is 47.5 Å². The minimum absolute atomic E-state index is 0. The van der Waals surface area contributed by atoms with Crippen molar-refractivity contribution in [1.82, 2.24) is 10.6 Å². The Morgan fingerprint density at radius 1 is 1.00 bits per heavy atom. The van der Waals surface area contributed by atoms with Gasteiger partial charge < -0.3 is 30.0 Å². The van der Waals surface area contributed by atoms with Gasteiger partial charge in [0.25, 0.3) is 0 Å². The van der Waals surface area contributed by atoms with Crippen LogP contribution in [-0.4, -0.2) is 45.5 Å². The molecule has 3 aromatic rings. The first kappa shape index (κ1) is 26.0. The van der Waals surface area contributed by atoms with Crippen molar-refractivity contribution in [2.45, 2.75) is 19.6 Å². The molecule has 0 amide bonds. The molecule has 3 N–H and O–H groups in total. The van der Waals surface area contributed by atoms with E-state index in [1.807, 2.05) is 31.2 Å². The van der Waals surface area contributed by atoms with Crippen LogP contribution in [0.3, 0.4) is 0 Å². The van der Waals surface area contributed by atoms with E-state index in [1.165, 1.54) is 0 Å². The number of aliphatic imine (C=N–C) groups is 1. The van der Waals surface area contributed by atoms with E-state index in [0.29, 0.717) is 42.8 Å². The molecule has 32 heavy (non-hydrogen) atoms. The topological polar surface area (TPSA) is 84.3 Å². The second-order valence-corrected chi connectivity index (χ2v) is 7.91. The summed E-state index contributed by atoms with van der Waals surface area (Å²) in [4.78, 5) is 5.56. The number of halogens is 1. The lowest BCUT2D eigenvalue weighted by Gasteiger charge is -2.16. The summed E-state index contributed by atoms with van der Waals surface area (Å²) in [5.74, 6) is 2.50. The first-order valence-corrected chi connectivity index (χ1v) is 10.9. The number of ether oxygens (including phenoxy) is 3. The van der Waals surface area contributed by atoms with Gasteiger partial charge in [0.2, 0.25) is 0 Å². The van der Waals surface area contributed by atoms with Gasteiger partial charge in [0.15, 0.2) is 17.5 Å². The minimum Gasteiger partial charge on any atom is -0.496 e. The van der Waals surface area contributed by atoms with Crippen molar-refractivity contribution in [2.24, 2.45) is 4.99 Å². The molecule has 0 spiro atoms. The third-order valence-corrected chi connectivity index (χ3v) is 5.99. The summed E-state index contributed by atoms with van der Waals surface area (Å²) in [6, 6.07) is 13.8. The van der Waals surface area contributed by atoms with E-state index in [0.717, 1.165) is 20.5 Å². The Hall–Kier alpha value is -2.24. The van der Waals surface area contributed by atoms with Gasteiger partial charge in [-0.25, -0.2) is 4.99 Å². The highest BCUT2D eigenvalue weighted by Gasteiger charge is 2.14. The van der Waals surface area contributed by atoms with Crippen LogP contribution in [0.5, 0.6) is 17.2 Å². The first-order chi connectivity index (χ1) is 15.1. The van der Waals surface area contributed by atoms with Gasteiger partial charge >= 0.3 is 0 Å². The van der Waals surface area contributed by atoms with Gasteiger partial charge in [-0.1, -0.05) is 18.2 Å². The molecule has 2 aromatic carbocycles. The number of hydrogen-bond acceptors (Lipinski definition) is 6. The van der Waals surface area contributed by atoms with Crippen LogP contribution in [-0.2, 0) is 6.54 Å². The normalized spacial score (nSPS) is 12.1. The maximum atomic E-state index is 10.6. The molecule has 1 atom stereocenters. The van der Waals surface area contributed by atoms with Crippen molar-refractivity contribution in [3.05, 3.63) is 52.9 Å². The lowest BCUT2D eigenvalue weighted by Crippen LogP contribution is -2.39. The van der Waals surface area contributed by atoms with Crippen molar-refractivity contribution >= 4 is 51.4 Å². The molecular formula is C23H30IN3O4S. The zero-order valence-electron chi connectivity index (χ0n) is 18.7. The van der Waals surface area contributed by atoms with Gasteiger partial charge in [-0.05, 0) is 30.5 Å². The molecule has 1 aromatic heterocycles. The Morgan fingerprint density at radius 2 is 1.69 bits per heavy atom. The predicted molar refractivity (Wildman–Crippen MR) is 141 cm³/mol. The number of methoxy groups -OCH3 is 3. The number of nitrogens with one attached hydrogen (secondary N) is 2. The predicted octanol–water partition coefficient (Wildman–Crippen LogP) is 4.33. The van der Waals surface area contributed by atoms with Gasteiger partial charge in [-0.3, -0.25) is 0 Å². The number of hydrogen-bond donors (Lipinski definition) is 3. The monoisotopic (exact) mass is 571 g/mol. The number of fused-ring (bicyclic) bond motifs is 1. The fourth-order valence-electron chi connectivity index (χ4n) is 3.18. The molecular weight excluding hydrogens is 541 g/mol. The second kappa shape index (κ2) is 12.7. The Morgan fingerprint density at radius 3 is 2.34 bits per heavy atom. The molecule has 0 aliphatic carbocycles. The summed E-state index contributed by atoms with van der Waals surface area (Å²) in [7, 11) is 4.79. The highest BCUT2D eigenvalue weighted by atomic mass is 127. The maximum absolute atomic E-state index is 10.6. The van der Waals surface area contributed by atoms with Crippen LogP contribution in [0.2, 0.25) is 0 Å². The van der Waals surface area contributed by atoms with E-state index in [-0.39, 0.29) is 24.0 Å². The summed E-state index contributed by atoms with van der Waals surface area (Å²) in [5, 5.41) is 18.2. The van der Waals surface area contributed by atoms with Crippen LogP contribution < -0.4 is 24.8 Å². The smallest absolute Gasteiger partial charge is 0.191 e. The van der Waals surface area contributed by atoms with E-state index in [9.17, 15) is 5.11 Å². The standard InChI is InChI=1S/C23H29N3O4S.HI/c1-5-24-23(25-13-16-10-19(29-3)20(30-4)12-18(16)28-2)26-14-17(27)22-11-15-8-6-7-9-21(15)31-22;/h6-12,17,27H,5,13-14H2,1-4H3,(H2,24,25,26);1H. The summed E-state index contributed by atoms with van der Waals surface area (Å²) in [5.41, 5.74) is 0.863. The van der Waals surface area contributed by atoms with Crippen LogP contribution in [0.1, 0.15) is 23.5 Å². The quantitative estimate of drug-likeness (QED) is 0.202. The van der Waals surface area contributed by atoms with E-state index in [1.54, 1.807) is 38.7 Å². The Bertz CT molecular complexity index is 1010. The zero-order valence-corrected chi connectivity index (χ0v) is 21.8. The van der Waals surface area contributed by atoms with Crippen molar-refractivity contribution in [3.63, 3.8) is 0 Å². The Kier molecular flexibility index (Phi) is 10.3. The third-order valence-electron chi connectivity index (χ3n) is 4.77. The van der Waals surface area contributed by atoms with Crippen LogP contribution >= 0.6 is 35.3 Å². The fourth-order valence-corrected chi connectivity index (χ4v) is 4.23. The van der Waals surface area contributed by atoms with Gasteiger partial charge in [0.1, 0.15) is 11.9 Å². The van der Waals surface area contributed by atoms with Crippen LogP contribution in [0, 0.1) is 0 Å². The van der Waals surface area contributed by atoms with Crippen LogP contribution in [0.4, 0.5) is 0 Å². The molecule has 0 bridgehead atoms. The van der Waals surface area contributed by atoms with Crippen molar-refractivity contribution in [2.75, 3.05) is 34.4 Å². The maximum Gasteiger partial charge on any atom is 0.191 e. The van der Waals surface area contributed by atoms with Gasteiger partial charge in [0.05, 0.1) is 27.9 Å². The molecule has 7 nitrogen and oxygen atoms in total. The molecule has 0 radical (unpaired) electrons. The molecule has 9 heteroatoms. The highest BCUT2D eigenvalue weighted by Crippen LogP contribution is 2.35. The molecule has 3 rings (SSSR count). The molecule has 1 unspecified atom stereocenters. The second-order valence-electron chi connectivity index (χ2n) is 6.80. The number of nitrogens with zero attached hydrogens (tertiary/aromatic N) is 1. The Balaban J connectivity index is 0.00000363. The molecule has 174 valence electrons.